The highest BCUT2D eigenvalue weighted by Gasteiger charge is 2.19. The van der Waals surface area contributed by atoms with Gasteiger partial charge in [-0.3, -0.25) is 0 Å². The van der Waals surface area contributed by atoms with Gasteiger partial charge in [0.15, 0.2) is 0 Å². The van der Waals surface area contributed by atoms with Crippen molar-refractivity contribution in [1.29, 1.82) is 0 Å². The monoisotopic (exact) mass is 646 g/mol. The van der Waals surface area contributed by atoms with Crippen LogP contribution in [0.1, 0.15) is 36.8 Å². The van der Waals surface area contributed by atoms with Gasteiger partial charge in [0.05, 0.1) is 0 Å². The highest BCUT2D eigenvalue weighted by Crippen LogP contribution is 2.38. The van der Waals surface area contributed by atoms with Gasteiger partial charge in [-0.05, 0) is 107 Å². The minimum Gasteiger partial charge on any atom is -0.398 e. The summed E-state index contributed by atoms with van der Waals surface area (Å²) in [6.07, 6.45) is 23.5. The lowest BCUT2D eigenvalue weighted by Crippen LogP contribution is -2.18. The average molecular weight is 647 g/mol. The van der Waals surface area contributed by atoms with Crippen LogP contribution >= 0.6 is 0 Å². The molecule has 2 N–H and O–H groups in total. The number of nitrogens with two attached hydrogens (primary N) is 1. The van der Waals surface area contributed by atoms with E-state index in [0.717, 1.165) is 59.4 Å². The summed E-state index contributed by atoms with van der Waals surface area (Å²) < 4.78 is 0. The quantitative estimate of drug-likeness (QED) is 0.121. The molecule has 0 fully saturated rings. The minimum absolute atomic E-state index is 0.757. The van der Waals surface area contributed by atoms with Crippen molar-refractivity contribution >= 4 is 22.6 Å². The maximum Gasteiger partial charge on any atom is 0.0458 e. The minimum atomic E-state index is 0.757. The molecule has 7 rings (SSSR count). The molecular formula is C48H42N2. The highest BCUT2D eigenvalue weighted by atomic mass is 15.1. The van der Waals surface area contributed by atoms with E-state index in [-0.39, 0.29) is 0 Å². The maximum atomic E-state index is 6.39. The number of hydrogen-bond donors (Lipinski definition) is 1. The van der Waals surface area contributed by atoms with E-state index in [2.05, 4.69) is 157 Å². The molecule has 0 aliphatic heterocycles. The Bertz CT molecular complexity index is 2140. The molecule has 5 aromatic rings. The summed E-state index contributed by atoms with van der Waals surface area (Å²) in [6, 6.07) is 45.3. The molecule has 0 saturated carbocycles. The maximum absolute atomic E-state index is 6.39. The van der Waals surface area contributed by atoms with Gasteiger partial charge < -0.3 is 10.6 Å². The predicted molar refractivity (Wildman–Crippen MR) is 215 cm³/mol. The molecule has 0 spiro atoms. The third kappa shape index (κ3) is 7.31. The van der Waals surface area contributed by atoms with Crippen molar-refractivity contribution in [3.63, 3.8) is 0 Å². The van der Waals surface area contributed by atoms with Gasteiger partial charge in [-0.15, -0.1) is 0 Å². The van der Waals surface area contributed by atoms with E-state index in [0.29, 0.717) is 0 Å². The topological polar surface area (TPSA) is 29.3 Å². The molecule has 2 heteroatoms. The summed E-state index contributed by atoms with van der Waals surface area (Å²) in [5.41, 5.74) is 21.7. The highest BCUT2D eigenvalue weighted by molar-refractivity contribution is 5.87. The Balaban J connectivity index is 1.19. The Hall–Kier alpha value is -6.12. The fourth-order valence-corrected chi connectivity index (χ4v) is 6.82. The summed E-state index contributed by atoms with van der Waals surface area (Å²) in [5, 5.41) is 0. The molecule has 0 radical (unpaired) electrons. The van der Waals surface area contributed by atoms with E-state index in [4.69, 9.17) is 5.73 Å². The number of nitrogen functional groups attached to an aromatic ring is 1. The van der Waals surface area contributed by atoms with Crippen molar-refractivity contribution in [2.45, 2.75) is 25.7 Å². The molecule has 2 aliphatic rings. The van der Waals surface area contributed by atoms with Crippen molar-refractivity contribution in [3.8, 4) is 22.3 Å². The summed E-state index contributed by atoms with van der Waals surface area (Å²) in [4.78, 5) is 2.42. The molecule has 0 atom stereocenters. The van der Waals surface area contributed by atoms with E-state index in [1.54, 1.807) is 6.08 Å². The largest absolute Gasteiger partial charge is 0.398 e. The van der Waals surface area contributed by atoms with Gasteiger partial charge >= 0.3 is 0 Å². The molecule has 2 nitrogen and oxygen atoms in total. The molecule has 0 heterocycles. The second kappa shape index (κ2) is 15.4. The van der Waals surface area contributed by atoms with E-state index in [1.807, 2.05) is 30.4 Å². The molecule has 2 aliphatic carbocycles. The summed E-state index contributed by atoms with van der Waals surface area (Å²) in [6.45, 7) is 3.81. The first-order valence-electron chi connectivity index (χ1n) is 17.4. The number of allylic oxidation sites excluding steroid dienone is 12. The van der Waals surface area contributed by atoms with Gasteiger partial charge in [-0.1, -0.05) is 152 Å². The average Bonchev–Trinajstić information content (AvgIpc) is 3.19. The van der Waals surface area contributed by atoms with Crippen molar-refractivity contribution in [2.75, 3.05) is 10.6 Å². The second-order valence-corrected chi connectivity index (χ2v) is 12.7. The van der Waals surface area contributed by atoms with Gasteiger partial charge in [-0.2, -0.15) is 0 Å². The van der Waals surface area contributed by atoms with Crippen LogP contribution in [0.3, 0.4) is 0 Å². The van der Waals surface area contributed by atoms with Crippen LogP contribution in [0, 0.1) is 0 Å². The number of anilines is 3. The van der Waals surface area contributed by atoms with Crippen LogP contribution in [0.2, 0.25) is 0 Å². The zero-order chi connectivity index (χ0) is 34.1. The number of nitrogens with zero attached hydrogens (tertiary/aromatic N) is 1. The van der Waals surface area contributed by atoms with E-state index in [1.165, 1.54) is 39.1 Å². The normalized spacial score (nSPS) is 14.6. The lowest BCUT2D eigenvalue weighted by Gasteiger charge is -2.30. The number of benzene rings is 5. The third-order valence-corrected chi connectivity index (χ3v) is 9.49. The van der Waals surface area contributed by atoms with Crippen LogP contribution in [-0.2, 0) is 0 Å². The standard InChI is InChI=1S/C48H42N2/c1-2-3-6-17-46(47-18-11-12-19-48(47)49)42-22-20-38(21-23-42)41-28-34-45(35-29-41)50(43-30-24-39(25-31-43)36-13-7-4-8-14-36)44-32-26-40(27-33-44)37-15-9-5-10-16-37/h2-9,11-15,17-26,28-32,34-35H,1,10,16,27,33,49H2/b6-3-,46-17+. The van der Waals surface area contributed by atoms with Crippen LogP contribution in [0.5, 0.6) is 0 Å². The summed E-state index contributed by atoms with van der Waals surface area (Å²) >= 11 is 0. The van der Waals surface area contributed by atoms with Crippen LogP contribution in [-0.4, -0.2) is 0 Å². The Labute approximate surface area is 296 Å². The fourth-order valence-electron chi connectivity index (χ4n) is 6.82. The Morgan fingerprint density at radius 2 is 1.18 bits per heavy atom. The number of para-hydroxylation sites is 1. The van der Waals surface area contributed by atoms with Crippen molar-refractivity contribution in [3.05, 3.63) is 217 Å². The lowest BCUT2D eigenvalue weighted by atomic mass is 9.90. The van der Waals surface area contributed by atoms with Crippen LogP contribution in [0.25, 0.3) is 27.8 Å². The van der Waals surface area contributed by atoms with Gasteiger partial charge in [0.2, 0.25) is 0 Å². The fraction of sp³-hybridized carbons (Fsp3) is 0.0833. The van der Waals surface area contributed by atoms with Crippen molar-refractivity contribution in [1.82, 2.24) is 0 Å². The van der Waals surface area contributed by atoms with Gasteiger partial charge in [0.25, 0.3) is 0 Å². The zero-order valence-corrected chi connectivity index (χ0v) is 28.4. The predicted octanol–water partition coefficient (Wildman–Crippen LogP) is 12.8. The molecule has 0 unspecified atom stereocenters. The third-order valence-electron chi connectivity index (χ3n) is 9.49. The van der Waals surface area contributed by atoms with Crippen LogP contribution in [0.4, 0.5) is 17.1 Å². The molecule has 0 aromatic heterocycles. The van der Waals surface area contributed by atoms with Crippen LogP contribution in [0.15, 0.2) is 206 Å². The molecule has 50 heavy (non-hydrogen) atoms. The zero-order valence-electron chi connectivity index (χ0n) is 28.4. The van der Waals surface area contributed by atoms with Gasteiger partial charge in [0.1, 0.15) is 0 Å². The summed E-state index contributed by atoms with van der Waals surface area (Å²) in [7, 11) is 0. The van der Waals surface area contributed by atoms with E-state index >= 15 is 0 Å². The van der Waals surface area contributed by atoms with Crippen LogP contribution < -0.4 is 10.6 Å². The smallest absolute Gasteiger partial charge is 0.0458 e. The molecule has 244 valence electrons. The first-order valence-corrected chi connectivity index (χ1v) is 17.4. The number of rotatable bonds is 10. The summed E-state index contributed by atoms with van der Waals surface area (Å²) in [5.74, 6) is 0. The first-order chi connectivity index (χ1) is 24.7. The first kappa shape index (κ1) is 32.4. The SMILES string of the molecule is C=C/C=C\C=C(/c1ccc(-c2ccc(N(C3=CC=C(C4=CC=CCC4)CC3)c3ccc(-c4ccccc4)cc3)cc2)cc1)c1ccccc1N. The van der Waals surface area contributed by atoms with Crippen molar-refractivity contribution in [2.24, 2.45) is 0 Å². The molecule has 0 bridgehead atoms. The second-order valence-electron chi connectivity index (χ2n) is 12.7. The number of hydrogen-bond acceptors (Lipinski definition) is 2. The lowest BCUT2D eigenvalue weighted by molar-refractivity contribution is 0.851. The Morgan fingerprint density at radius 1 is 0.580 bits per heavy atom. The van der Waals surface area contributed by atoms with Crippen molar-refractivity contribution < 1.29 is 0 Å². The Morgan fingerprint density at radius 3 is 1.76 bits per heavy atom. The van der Waals surface area contributed by atoms with Gasteiger partial charge in [0, 0.05) is 28.3 Å². The van der Waals surface area contributed by atoms with E-state index in [9.17, 15) is 0 Å². The van der Waals surface area contributed by atoms with Gasteiger partial charge in [-0.25, -0.2) is 0 Å². The Kier molecular flexibility index (Phi) is 9.99. The molecule has 0 saturated heterocycles. The molecule has 0 amide bonds. The molecule has 5 aromatic carbocycles. The molecular weight excluding hydrogens is 605 g/mol. The van der Waals surface area contributed by atoms with E-state index < -0.39 is 0 Å².